The molecule has 1 aromatic heterocycles. The number of hydrogen-bond donors (Lipinski definition) is 1. The maximum Gasteiger partial charge on any atom is 0.262 e. The first-order valence-electron chi connectivity index (χ1n) is 9.34. The van der Waals surface area contributed by atoms with Crippen molar-refractivity contribution in [2.75, 3.05) is 11.9 Å². The van der Waals surface area contributed by atoms with Crippen LogP contribution < -0.4 is 10.1 Å². The monoisotopic (exact) mass is 404 g/mol. The number of halogens is 2. The van der Waals surface area contributed by atoms with E-state index in [0.717, 1.165) is 40.2 Å². The molecule has 3 aromatic carbocycles. The number of anilines is 1. The number of benzene rings is 3. The minimum absolute atomic E-state index is 0.233. The molecule has 1 heterocycles. The average molecular weight is 404 g/mol. The zero-order valence-electron chi connectivity index (χ0n) is 16.2. The Morgan fingerprint density at radius 3 is 2.57 bits per heavy atom. The van der Waals surface area contributed by atoms with E-state index < -0.39 is 17.5 Å². The van der Waals surface area contributed by atoms with E-state index in [4.69, 9.17) is 4.74 Å². The number of pyridine rings is 1. The highest BCUT2D eigenvalue weighted by Crippen LogP contribution is 2.30. The lowest BCUT2D eigenvalue weighted by molar-refractivity contribution is -0.118. The van der Waals surface area contributed by atoms with Crippen LogP contribution in [0.3, 0.4) is 0 Å². The highest BCUT2D eigenvalue weighted by molar-refractivity contribution is 5.93. The molecule has 4 nitrogen and oxygen atoms in total. The highest BCUT2D eigenvalue weighted by atomic mass is 19.1. The van der Waals surface area contributed by atoms with E-state index in [9.17, 15) is 13.6 Å². The molecule has 150 valence electrons. The van der Waals surface area contributed by atoms with Gasteiger partial charge in [0.25, 0.3) is 5.91 Å². The van der Waals surface area contributed by atoms with Crippen molar-refractivity contribution in [1.29, 1.82) is 0 Å². The lowest BCUT2D eigenvalue weighted by atomic mass is 10.1. The zero-order valence-corrected chi connectivity index (χ0v) is 16.2. The Hall–Kier alpha value is -3.80. The molecule has 0 bridgehead atoms. The van der Waals surface area contributed by atoms with E-state index in [0.29, 0.717) is 11.4 Å². The van der Waals surface area contributed by atoms with E-state index in [-0.39, 0.29) is 12.3 Å². The second-order valence-electron chi connectivity index (χ2n) is 6.85. The maximum atomic E-state index is 13.7. The molecule has 0 aliphatic carbocycles. The van der Waals surface area contributed by atoms with Crippen LogP contribution in [0.25, 0.3) is 22.2 Å². The molecule has 30 heavy (non-hydrogen) atoms. The Balaban J connectivity index is 1.59. The number of rotatable bonds is 5. The summed E-state index contributed by atoms with van der Waals surface area (Å²) in [5, 5.41) is 3.08. The first-order valence-corrected chi connectivity index (χ1v) is 9.34. The number of para-hydroxylation sites is 1. The van der Waals surface area contributed by atoms with Gasteiger partial charge in [-0.2, -0.15) is 0 Å². The molecule has 0 saturated carbocycles. The number of carbonyl (C=O) groups excluding carboxylic acids is 1. The van der Waals surface area contributed by atoms with Crippen molar-refractivity contribution in [2.24, 2.45) is 0 Å². The average Bonchev–Trinajstić information content (AvgIpc) is 2.75. The number of ether oxygens (including phenoxy) is 1. The van der Waals surface area contributed by atoms with Crippen molar-refractivity contribution in [3.05, 3.63) is 90.0 Å². The summed E-state index contributed by atoms with van der Waals surface area (Å²) in [5.41, 5.74) is 3.26. The van der Waals surface area contributed by atoms with Gasteiger partial charge >= 0.3 is 0 Å². The van der Waals surface area contributed by atoms with Crippen LogP contribution in [0.5, 0.6) is 5.75 Å². The van der Waals surface area contributed by atoms with Gasteiger partial charge in [-0.3, -0.25) is 4.79 Å². The van der Waals surface area contributed by atoms with Crippen molar-refractivity contribution in [2.45, 2.75) is 6.92 Å². The van der Waals surface area contributed by atoms with Crippen LogP contribution in [0.4, 0.5) is 14.5 Å². The number of nitrogens with zero attached hydrogens (tertiary/aromatic N) is 1. The second kappa shape index (κ2) is 8.29. The molecule has 6 heteroatoms. The van der Waals surface area contributed by atoms with Gasteiger partial charge in [0.15, 0.2) is 6.61 Å². The van der Waals surface area contributed by atoms with Gasteiger partial charge in [-0.05, 0) is 31.2 Å². The summed E-state index contributed by atoms with van der Waals surface area (Å²) in [7, 11) is 0. The fourth-order valence-electron chi connectivity index (χ4n) is 3.06. The third-order valence-electron chi connectivity index (χ3n) is 4.59. The van der Waals surface area contributed by atoms with E-state index in [1.165, 1.54) is 0 Å². The van der Waals surface area contributed by atoms with Crippen LogP contribution in [0.15, 0.2) is 72.8 Å². The predicted molar refractivity (Wildman–Crippen MR) is 112 cm³/mol. The maximum absolute atomic E-state index is 13.7. The Bertz CT molecular complexity index is 1220. The summed E-state index contributed by atoms with van der Waals surface area (Å²) in [6.07, 6.45) is 0. The number of amides is 1. The largest absolute Gasteiger partial charge is 0.483 e. The topological polar surface area (TPSA) is 51.2 Å². The van der Waals surface area contributed by atoms with Crippen molar-refractivity contribution in [1.82, 2.24) is 4.98 Å². The summed E-state index contributed by atoms with van der Waals surface area (Å²) in [5.74, 6) is -1.49. The van der Waals surface area contributed by atoms with E-state index >= 15 is 0 Å². The third kappa shape index (κ3) is 4.27. The minimum atomic E-state index is -0.722. The van der Waals surface area contributed by atoms with Gasteiger partial charge in [0.1, 0.15) is 17.4 Å². The molecule has 4 rings (SSSR count). The number of fused-ring (bicyclic) bond motifs is 1. The van der Waals surface area contributed by atoms with Gasteiger partial charge in [-0.25, -0.2) is 13.8 Å². The summed E-state index contributed by atoms with van der Waals surface area (Å²) in [6, 6.07) is 20.0. The van der Waals surface area contributed by atoms with Crippen LogP contribution >= 0.6 is 0 Å². The Kier molecular flexibility index (Phi) is 5.39. The van der Waals surface area contributed by atoms with E-state index in [2.05, 4.69) is 10.3 Å². The first-order chi connectivity index (χ1) is 14.5. The van der Waals surface area contributed by atoms with Gasteiger partial charge in [-0.1, -0.05) is 42.0 Å². The fraction of sp³-hybridized carbons (Fsp3) is 0.0833. The van der Waals surface area contributed by atoms with Gasteiger partial charge in [-0.15, -0.1) is 0 Å². The van der Waals surface area contributed by atoms with Gasteiger partial charge in [0.2, 0.25) is 0 Å². The van der Waals surface area contributed by atoms with E-state index in [1.54, 1.807) is 6.07 Å². The Morgan fingerprint density at radius 2 is 1.77 bits per heavy atom. The Labute approximate surface area is 172 Å². The smallest absolute Gasteiger partial charge is 0.262 e. The van der Waals surface area contributed by atoms with Crippen LogP contribution in [0, 0.1) is 18.6 Å². The van der Waals surface area contributed by atoms with Crippen molar-refractivity contribution < 1.29 is 18.3 Å². The summed E-state index contributed by atoms with van der Waals surface area (Å²) >= 11 is 0. The molecule has 0 aliphatic rings. The molecule has 0 fully saturated rings. The van der Waals surface area contributed by atoms with E-state index in [1.807, 2.05) is 55.5 Å². The molecule has 0 spiro atoms. The lowest BCUT2D eigenvalue weighted by Gasteiger charge is -2.12. The highest BCUT2D eigenvalue weighted by Gasteiger charge is 2.12. The molecule has 0 aliphatic heterocycles. The van der Waals surface area contributed by atoms with Crippen molar-refractivity contribution >= 4 is 22.5 Å². The van der Waals surface area contributed by atoms with Crippen molar-refractivity contribution in [3.63, 3.8) is 0 Å². The van der Waals surface area contributed by atoms with Gasteiger partial charge in [0.05, 0.1) is 16.9 Å². The Morgan fingerprint density at radius 1 is 1.00 bits per heavy atom. The van der Waals surface area contributed by atoms with Gasteiger partial charge < -0.3 is 10.1 Å². The predicted octanol–water partition coefficient (Wildman–Crippen LogP) is 5.51. The standard InChI is InChI=1S/C24H18F2N2O2/c1-15-6-8-16(9-7-15)21-13-23(18-4-2-3-5-20(18)27-21)30-14-24(29)28-22-12-17(25)10-11-19(22)26/h2-13H,14H2,1H3,(H,28,29). The summed E-state index contributed by atoms with van der Waals surface area (Å²) in [4.78, 5) is 16.9. The molecular weight excluding hydrogens is 386 g/mol. The zero-order chi connectivity index (χ0) is 21.1. The van der Waals surface area contributed by atoms with Crippen LogP contribution in [-0.2, 0) is 4.79 Å². The van der Waals surface area contributed by atoms with Crippen LogP contribution in [-0.4, -0.2) is 17.5 Å². The summed E-state index contributed by atoms with van der Waals surface area (Å²) in [6.45, 7) is 1.64. The second-order valence-corrected chi connectivity index (χ2v) is 6.85. The van der Waals surface area contributed by atoms with Crippen LogP contribution in [0.2, 0.25) is 0 Å². The molecular formula is C24H18F2N2O2. The van der Waals surface area contributed by atoms with Crippen LogP contribution in [0.1, 0.15) is 5.56 Å². The first kappa shape index (κ1) is 19.5. The number of nitrogens with one attached hydrogen (secondary N) is 1. The van der Waals surface area contributed by atoms with Crippen molar-refractivity contribution in [3.8, 4) is 17.0 Å². The lowest BCUT2D eigenvalue weighted by Crippen LogP contribution is -2.21. The minimum Gasteiger partial charge on any atom is -0.483 e. The normalized spacial score (nSPS) is 10.8. The molecule has 4 aromatic rings. The number of hydrogen-bond acceptors (Lipinski definition) is 3. The SMILES string of the molecule is Cc1ccc(-c2cc(OCC(=O)Nc3cc(F)ccc3F)c3ccccc3n2)cc1. The fourth-order valence-corrected chi connectivity index (χ4v) is 3.06. The van der Waals surface area contributed by atoms with Gasteiger partial charge in [0, 0.05) is 23.1 Å². The molecule has 1 amide bonds. The number of carbonyl (C=O) groups is 1. The summed E-state index contributed by atoms with van der Waals surface area (Å²) < 4.78 is 32.8. The molecule has 0 unspecified atom stereocenters. The molecule has 1 N–H and O–H groups in total. The number of aromatic nitrogens is 1. The molecule has 0 atom stereocenters. The number of aryl methyl sites for hydroxylation is 1. The molecule has 0 saturated heterocycles. The third-order valence-corrected chi connectivity index (χ3v) is 4.59. The quantitative estimate of drug-likeness (QED) is 0.477. The molecule has 0 radical (unpaired) electrons.